The van der Waals surface area contributed by atoms with Crippen LogP contribution in [0.1, 0.15) is 44.3 Å². The number of rotatable bonds is 3. The van der Waals surface area contributed by atoms with E-state index in [0.29, 0.717) is 5.75 Å². The van der Waals surface area contributed by atoms with Gasteiger partial charge < -0.3 is 14.9 Å². The van der Waals surface area contributed by atoms with Gasteiger partial charge in [-0.15, -0.1) is 0 Å². The molecule has 3 nitrogen and oxygen atoms in total. The fourth-order valence-electron chi connectivity index (χ4n) is 2.31. The van der Waals surface area contributed by atoms with E-state index < -0.39 is 18.0 Å². The third kappa shape index (κ3) is 3.00. The average molecular weight is 254 g/mol. The molecule has 1 aromatic rings. The van der Waals surface area contributed by atoms with Crippen molar-refractivity contribution in [3.05, 3.63) is 29.6 Å². The topological polar surface area (TPSA) is 49.7 Å². The Morgan fingerprint density at radius 2 is 2.06 bits per heavy atom. The predicted octanol–water partition coefficient (Wildman–Crippen LogP) is 2.56. The van der Waals surface area contributed by atoms with Crippen LogP contribution in [0.4, 0.5) is 4.39 Å². The summed E-state index contributed by atoms with van der Waals surface area (Å²) in [6, 6.07) is 4.42. The Labute approximate surface area is 106 Å². The molecule has 100 valence electrons. The van der Waals surface area contributed by atoms with Crippen molar-refractivity contribution in [3.63, 3.8) is 0 Å². The molecule has 2 N–H and O–H groups in total. The number of aliphatic hydroxyl groups is 2. The van der Waals surface area contributed by atoms with E-state index >= 15 is 0 Å². The van der Waals surface area contributed by atoms with Gasteiger partial charge in [-0.25, -0.2) is 4.39 Å². The van der Waals surface area contributed by atoms with E-state index in [1.54, 1.807) is 6.07 Å². The average Bonchev–Trinajstić information content (AvgIpc) is 2.32. The monoisotopic (exact) mass is 254 g/mol. The molecular formula is C14H19FO3. The smallest absolute Gasteiger partial charge is 0.132 e. The molecule has 2 unspecified atom stereocenters. The van der Waals surface area contributed by atoms with Crippen molar-refractivity contribution in [3.8, 4) is 5.75 Å². The second-order valence-electron chi connectivity index (χ2n) is 4.87. The van der Waals surface area contributed by atoms with Crippen molar-refractivity contribution in [1.82, 2.24) is 0 Å². The van der Waals surface area contributed by atoms with Crippen LogP contribution < -0.4 is 4.74 Å². The summed E-state index contributed by atoms with van der Waals surface area (Å²) in [6.45, 7) is 1.52. The van der Waals surface area contributed by atoms with Crippen LogP contribution in [0.5, 0.6) is 5.75 Å². The molecule has 0 radical (unpaired) electrons. The molecule has 0 aliphatic heterocycles. The first-order valence-corrected chi connectivity index (χ1v) is 6.40. The maximum atomic E-state index is 13.6. The molecular weight excluding hydrogens is 235 g/mol. The highest BCUT2D eigenvalue weighted by Crippen LogP contribution is 2.26. The fraction of sp³-hybridized carbons (Fsp3) is 0.571. The molecule has 18 heavy (non-hydrogen) atoms. The Kier molecular flexibility index (Phi) is 4.19. The quantitative estimate of drug-likeness (QED) is 0.871. The van der Waals surface area contributed by atoms with Gasteiger partial charge in [0.2, 0.25) is 0 Å². The summed E-state index contributed by atoms with van der Waals surface area (Å²) in [6.07, 6.45) is 2.00. The Hall–Kier alpha value is -1.13. The summed E-state index contributed by atoms with van der Waals surface area (Å²) in [7, 11) is 0. The molecule has 1 saturated carbocycles. The van der Waals surface area contributed by atoms with E-state index in [9.17, 15) is 14.6 Å². The van der Waals surface area contributed by atoms with Gasteiger partial charge in [-0.05, 0) is 38.3 Å². The van der Waals surface area contributed by atoms with Crippen LogP contribution >= 0.6 is 0 Å². The Bertz CT molecular complexity index is 406. The second-order valence-corrected chi connectivity index (χ2v) is 4.87. The van der Waals surface area contributed by atoms with Crippen LogP contribution in [0, 0.1) is 5.82 Å². The van der Waals surface area contributed by atoms with Crippen LogP contribution in [-0.4, -0.2) is 22.4 Å². The van der Waals surface area contributed by atoms with Gasteiger partial charge in [0, 0.05) is 11.6 Å². The minimum absolute atomic E-state index is 0.254. The molecule has 2 rings (SSSR count). The van der Waals surface area contributed by atoms with Gasteiger partial charge in [0.25, 0.3) is 0 Å². The third-order valence-corrected chi connectivity index (χ3v) is 3.38. The highest BCUT2D eigenvalue weighted by Gasteiger charge is 2.24. The number of aliphatic hydroxyl groups excluding tert-OH is 2. The molecule has 0 heterocycles. The first-order chi connectivity index (χ1) is 8.58. The van der Waals surface area contributed by atoms with E-state index in [1.807, 2.05) is 0 Å². The largest absolute Gasteiger partial charge is 0.488 e. The molecule has 0 amide bonds. The number of benzene rings is 1. The van der Waals surface area contributed by atoms with Gasteiger partial charge in [-0.2, -0.15) is 0 Å². The van der Waals surface area contributed by atoms with Crippen LogP contribution in [0.15, 0.2) is 18.2 Å². The van der Waals surface area contributed by atoms with E-state index in [1.165, 1.54) is 19.1 Å². The maximum Gasteiger partial charge on any atom is 0.132 e. The summed E-state index contributed by atoms with van der Waals surface area (Å²) in [5.41, 5.74) is 0.256. The van der Waals surface area contributed by atoms with E-state index in [-0.39, 0.29) is 11.7 Å². The van der Waals surface area contributed by atoms with Gasteiger partial charge in [-0.3, -0.25) is 0 Å². The van der Waals surface area contributed by atoms with Crippen molar-refractivity contribution in [2.75, 3.05) is 0 Å². The third-order valence-electron chi connectivity index (χ3n) is 3.38. The summed E-state index contributed by atoms with van der Waals surface area (Å²) in [5, 5.41) is 19.1. The highest BCUT2D eigenvalue weighted by atomic mass is 19.1. The lowest BCUT2D eigenvalue weighted by Gasteiger charge is -2.28. The summed E-state index contributed by atoms with van der Waals surface area (Å²) in [4.78, 5) is 0. The van der Waals surface area contributed by atoms with Gasteiger partial charge in [-0.1, -0.05) is 6.42 Å². The van der Waals surface area contributed by atoms with Crippen LogP contribution in [0.25, 0.3) is 0 Å². The van der Waals surface area contributed by atoms with Crippen LogP contribution in [0.3, 0.4) is 0 Å². The number of hydrogen-bond acceptors (Lipinski definition) is 3. The summed E-state index contributed by atoms with van der Waals surface area (Å²) < 4.78 is 19.3. The molecule has 1 aliphatic rings. The second kappa shape index (κ2) is 5.67. The molecule has 0 spiro atoms. The van der Waals surface area contributed by atoms with Gasteiger partial charge in [0.1, 0.15) is 17.7 Å². The van der Waals surface area contributed by atoms with Crippen molar-refractivity contribution >= 4 is 0 Å². The van der Waals surface area contributed by atoms with Crippen molar-refractivity contribution in [1.29, 1.82) is 0 Å². The normalized spacial score (nSPS) is 25.8. The van der Waals surface area contributed by atoms with Crippen molar-refractivity contribution in [2.24, 2.45) is 0 Å². The molecule has 1 aliphatic carbocycles. The lowest BCUT2D eigenvalue weighted by atomic mass is 9.95. The Balaban J connectivity index is 2.07. The summed E-state index contributed by atoms with van der Waals surface area (Å²) in [5.74, 6) is -0.0735. The fourth-order valence-corrected chi connectivity index (χ4v) is 2.31. The van der Waals surface area contributed by atoms with E-state index in [0.717, 1.165) is 25.7 Å². The zero-order chi connectivity index (χ0) is 13.1. The number of ether oxygens (including phenoxy) is 1. The molecule has 0 bridgehead atoms. The lowest BCUT2D eigenvalue weighted by Crippen LogP contribution is -2.34. The SMILES string of the molecule is C[C@@H](O)c1ccc(OC2CCCCC2O)cc1F. The zero-order valence-corrected chi connectivity index (χ0v) is 10.5. The van der Waals surface area contributed by atoms with Gasteiger partial charge in [0.15, 0.2) is 0 Å². The molecule has 3 atom stereocenters. The highest BCUT2D eigenvalue weighted by molar-refractivity contribution is 5.30. The first kappa shape index (κ1) is 13.3. The molecule has 0 aromatic heterocycles. The van der Waals surface area contributed by atoms with Gasteiger partial charge in [0.05, 0.1) is 12.2 Å². The van der Waals surface area contributed by atoms with Gasteiger partial charge >= 0.3 is 0 Å². The van der Waals surface area contributed by atoms with Crippen LogP contribution in [-0.2, 0) is 0 Å². The molecule has 1 aromatic carbocycles. The van der Waals surface area contributed by atoms with E-state index in [4.69, 9.17) is 4.74 Å². The van der Waals surface area contributed by atoms with Crippen molar-refractivity contribution < 1.29 is 19.3 Å². The summed E-state index contributed by atoms with van der Waals surface area (Å²) >= 11 is 0. The minimum Gasteiger partial charge on any atom is -0.488 e. The molecule has 0 saturated heterocycles. The number of halogens is 1. The molecule has 4 heteroatoms. The minimum atomic E-state index is -0.834. The number of hydrogen-bond donors (Lipinski definition) is 2. The Morgan fingerprint density at radius 3 is 2.67 bits per heavy atom. The van der Waals surface area contributed by atoms with E-state index in [2.05, 4.69) is 0 Å². The Morgan fingerprint density at radius 1 is 1.33 bits per heavy atom. The lowest BCUT2D eigenvalue weighted by molar-refractivity contribution is 0.00668. The van der Waals surface area contributed by atoms with Crippen LogP contribution in [0.2, 0.25) is 0 Å². The predicted molar refractivity (Wildman–Crippen MR) is 65.9 cm³/mol. The van der Waals surface area contributed by atoms with Crippen molar-refractivity contribution in [2.45, 2.75) is 50.9 Å². The standard InChI is InChI=1S/C14H19FO3/c1-9(16)11-7-6-10(8-12(11)15)18-14-5-3-2-4-13(14)17/h6-9,13-14,16-17H,2-5H2,1H3/t9-,13?,14?/m1/s1. The zero-order valence-electron chi connectivity index (χ0n) is 10.5. The maximum absolute atomic E-state index is 13.6. The molecule has 1 fully saturated rings. The first-order valence-electron chi connectivity index (χ1n) is 6.40.